The summed E-state index contributed by atoms with van der Waals surface area (Å²) in [6.45, 7) is 4.05. The van der Waals surface area contributed by atoms with Gasteiger partial charge in [-0.2, -0.15) is 10.2 Å². The maximum Gasteiger partial charge on any atom is 0.133 e. The van der Waals surface area contributed by atoms with Crippen LogP contribution >= 0.6 is 0 Å². The lowest BCUT2D eigenvalue weighted by Crippen LogP contribution is -2.06. The Labute approximate surface area is 119 Å². The number of hydrogen-bond donors (Lipinski definition) is 0. The molecule has 0 bridgehead atoms. The van der Waals surface area contributed by atoms with Gasteiger partial charge in [-0.25, -0.2) is 0 Å². The standard InChI is InChI=1S/C15H22N4O/c1-11-15(12(2)18(3)17-11)8-7-14(20)6-5-13-9-10-16-19(13)4/h9-10H,5-8H2,1-4H3. The molecule has 0 aromatic carbocycles. The molecule has 0 fully saturated rings. The second-order valence-corrected chi connectivity index (χ2v) is 5.26. The van der Waals surface area contributed by atoms with Crippen molar-refractivity contribution in [3.05, 3.63) is 34.9 Å². The summed E-state index contributed by atoms with van der Waals surface area (Å²) in [5.41, 5.74) is 4.50. The Kier molecular flexibility index (Phi) is 4.37. The highest BCUT2D eigenvalue weighted by molar-refractivity contribution is 5.78. The highest BCUT2D eigenvalue weighted by Crippen LogP contribution is 2.15. The highest BCUT2D eigenvalue weighted by Gasteiger charge is 2.11. The number of rotatable bonds is 6. The third-order valence-corrected chi connectivity index (χ3v) is 3.90. The number of Topliss-reactive ketones (excluding diaryl/α,β-unsaturated/α-hetero) is 1. The minimum Gasteiger partial charge on any atom is -0.300 e. The number of carbonyl (C=O) groups is 1. The summed E-state index contributed by atoms with van der Waals surface area (Å²) in [7, 11) is 3.85. The van der Waals surface area contributed by atoms with Crippen molar-refractivity contribution in [3.8, 4) is 0 Å². The van der Waals surface area contributed by atoms with E-state index in [4.69, 9.17) is 0 Å². The normalized spacial score (nSPS) is 11.0. The van der Waals surface area contributed by atoms with E-state index < -0.39 is 0 Å². The average Bonchev–Trinajstić information content (AvgIpc) is 2.91. The molecule has 0 spiro atoms. The molecule has 2 aromatic rings. The van der Waals surface area contributed by atoms with Gasteiger partial charge in [-0.15, -0.1) is 0 Å². The Morgan fingerprint density at radius 2 is 1.85 bits per heavy atom. The Morgan fingerprint density at radius 3 is 2.40 bits per heavy atom. The average molecular weight is 274 g/mol. The number of hydrogen-bond acceptors (Lipinski definition) is 3. The van der Waals surface area contributed by atoms with E-state index in [2.05, 4.69) is 17.1 Å². The van der Waals surface area contributed by atoms with Gasteiger partial charge in [0.2, 0.25) is 0 Å². The number of aromatic nitrogens is 4. The van der Waals surface area contributed by atoms with E-state index in [1.54, 1.807) is 6.20 Å². The van der Waals surface area contributed by atoms with Crippen molar-refractivity contribution in [2.45, 2.75) is 39.5 Å². The fraction of sp³-hybridized carbons (Fsp3) is 0.533. The van der Waals surface area contributed by atoms with Gasteiger partial charge >= 0.3 is 0 Å². The molecule has 0 aliphatic heterocycles. The highest BCUT2D eigenvalue weighted by atomic mass is 16.1. The molecule has 20 heavy (non-hydrogen) atoms. The Balaban J connectivity index is 1.85. The number of nitrogens with zero attached hydrogens (tertiary/aromatic N) is 4. The third-order valence-electron chi connectivity index (χ3n) is 3.90. The molecular weight excluding hydrogens is 252 g/mol. The maximum absolute atomic E-state index is 12.0. The van der Waals surface area contributed by atoms with E-state index in [1.165, 1.54) is 5.56 Å². The summed E-state index contributed by atoms with van der Waals surface area (Å²) in [6.07, 6.45) is 4.49. The fourth-order valence-corrected chi connectivity index (χ4v) is 2.48. The lowest BCUT2D eigenvalue weighted by atomic mass is 10.0. The Hall–Kier alpha value is -1.91. The largest absolute Gasteiger partial charge is 0.300 e. The lowest BCUT2D eigenvalue weighted by Gasteiger charge is -2.03. The summed E-state index contributed by atoms with van der Waals surface area (Å²) in [4.78, 5) is 12.0. The van der Waals surface area contributed by atoms with Gasteiger partial charge in [-0.3, -0.25) is 14.2 Å². The number of carbonyl (C=O) groups excluding carboxylic acids is 1. The monoisotopic (exact) mass is 274 g/mol. The molecule has 2 heterocycles. The minimum atomic E-state index is 0.300. The SMILES string of the molecule is Cc1nn(C)c(C)c1CCC(=O)CCc1ccnn1C. The van der Waals surface area contributed by atoms with Crippen LogP contribution in [0.1, 0.15) is 35.5 Å². The maximum atomic E-state index is 12.0. The van der Waals surface area contributed by atoms with Gasteiger partial charge in [-0.05, 0) is 38.3 Å². The minimum absolute atomic E-state index is 0.300. The van der Waals surface area contributed by atoms with Crippen molar-refractivity contribution in [2.24, 2.45) is 14.1 Å². The van der Waals surface area contributed by atoms with E-state index in [0.717, 1.165) is 29.9 Å². The van der Waals surface area contributed by atoms with Crippen molar-refractivity contribution in [2.75, 3.05) is 0 Å². The molecule has 5 nitrogen and oxygen atoms in total. The molecule has 5 heteroatoms. The summed E-state index contributed by atoms with van der Waals surface area (Å²) in [6, 6.07) is 1.96. The summed E-state index contributed by atoms with van der Waals surface area (Å²) >= 11 is 0. The van der Waals surface area contributed by atoms with E-state index in [9.17, 15) is 4.79 Å². The molecular formula is C15H22N4O. The quantitative estimate of drug-likeness (QED) is 0.808. The first-order valence-corrected chi connectivity index (χ1v) is 6.96. The first-order chi connectivity index (χ1) is 9.49. The Morgan fingerprint density at radius 1 is 1.15 bits per heavy atom. The van der Waals surface area contributed by atoms with Crippen molar-refractivity contribution < 1.29 is 4.79 Å². The van der Waals surface area contributed by atoms with Gasteiger partial charge in [0, 0.05) is 44.5 Å². The van der Waals surface area contributed by atoms with Gasteiger partial charge < -0.3 is 0 Å². The van der Waals surface area contributed by atoms with Crippen LogP contribution in [-0.2, 0) is 31.7 Å². The van der Waals surface area contributed by atoms with E-state index >= 15 is 0 Å². The van der Waals surface area contributed by atoms with Gasteiger partial charge in [0.15, 0.2) is 0 Å². The van der Waals surface area contributed by atoms with Gasteiger partial charge in [0.1, 0.15) is 5.78 Å². The third kappa shape index (κ3) is 3.15. The molecule has 0 aliphatic carbocycles. The van der Waals surface area contributed by atoms with Crippen molar-refractivity contribution in [1.29, 1.82) is 0 Å². The fourth-order valence-electron chi connectivity index (χ4n) is 2.48. The number of aryl methyl sites for hydroxylation is 4. The molecule has 108 valence electrons. The molecule has 0 saturated heterocycles. The van der Waals surface area contributed by atoms with E-state index in [-0.39, 0.29) is 0 Å². The smallest absolute Gasteiger partial charge is 0.133 e. The van der Waals surface area contributed by atoms with Crippen LogP contribution in [0.3, 0.4) is 0 Å². The van der Waals surface area contributed by atoms with Crippen LogP contribution in [0.4, 0.5) is 0 Å². The zero-order valence-corrected chi connectivity index (χ0v) is 12.7. The molecule has 2 rings (SSSR count). The van der Waals surface area contributed by atoms with Crippen LogP contribution in [-0.4, -0.2) is 25.3 Å². The van der Waals surface area contributed by atoms with Crippen LogP contribution in [0.25, 0.3) is 0 Å². The second-order valence-electron chi connectivity index (χ2n) is 5.26. The Bertz CT molecular complexity index is 609. The van der Waals surface area contributed by atoms with Gasteiger partial charge in [0.25, 0.3) is 0 Å². The summed E-state index contributed by atoms with van der Waals surface area (Å²) in [5.74, 6) is 0.300. The topological polar surface area (TPSA) is 52.7 Å². The molecule has 0 aliphatic rings. The van der Waals surface area contributed by atoms with Crippen LogP contribution in [0.15, 0.2) is 12.3 Å². The van der Waals surface area contributed by atoms with Crippen molar-refractivity contribution >= 4 is 5.78 Å². The van der Waals surface area contributed by atoms with E-state index in [0.29, 0.717) is 18.6 Å². The van der Waals surface area contributed by atoms with Crippen LogP contribution < -0.4 is 0 Å². The van der Waals surface area contributed by atoms with Crippen LogP contribution in [0.5, 0.6) is 0 Å². The van der Waals surface area contributed by atoms with E-state index in [1.807, 2.05) is 36.4 Å². The first-order valence-electron chi connectivity index (χ1n) is 6.96. The zero-order chi connectivity index (χ0) is 14.7. The molecule has 2 aromatic heterocycles. The summed E-state index contributed by atoms with van der Waals surface area (Å²) < 4.78 is 3.70. The molecule has 0 radical (unpaired) electrons. The first kappa shape index (κ1) is 14.5. The lowest BCUT2D eigenvalue weighted by molar-refractivity contribution is -0.119. The van der Waals surface area contributed by atoms with Crippen LogP contribution in [0.2, 0.25) is 0 Å². The predicted molar refractivity (Wildman–Crippen MR) is 77.5 cm³/mol. The molecule has 0 amide bonds. The van der Waals surface area contributed by atoms with Crippen molar-refractivity contribution in [1.82, 2.24) is 19.6 Å². The molecule has 0 atom stereocenters. The second kappa shape index (κ2) is 6.03. The zero-order valence-electron chi connectivity index (χ0n) is 12.7. The molecule has 0 saturated carbocycles. The summed E-state index contributed by atoms with van der Waals surface area (Å²) in [5, 5.41) is 8.49. The van der Waals surface area contributed by atoms with Gasteiger partial charge in [-0.1, -0.05) is 0 Å². The number of ketones is 1. The molecule has 0 N–H and O–H groups in total. The van der Waals surface area contributed by atoms with Gasteiger partial charge in [0.05, 0.1) is 5.69 Å². The predicted octanol–water partition coefficient (Wildman–Crippen LogP) is 1.90. The molecule has 0 unspecified atom stereocenters. The van der Waals surface area contributed by atoms with Crippen LogP contribution in [0, 0.1) is 13.8 Å². The van der Waals surface area contributed by atoms with Crippen molar-refractivity contribution in [3.63, 3.8) is 0 Å².